The van der Waals surface area contributed by atoms with E-state index in [0.717, 1.165) is 15.6 Å². The Morgan fingerprint density at radius 3 is 2.27 bits per heavy atom. The van der Waals surface area contributed by atoms with Gasteiger partial charge >= 0.3 is 0 Å². The maximum Gasteiger partial charge on any atom is 0.264 e. The smallest absolute Gasteiger partial charge is 0.264 e. The van der Waals surface area contributed by atoms with Crippen LogP contribution in [0.2, 0.25) is 10.0 Å². The van der Waals surface area contributed by atoms with E-state index in [9.17, 15) is 13.2 Å². The molecule has 3 aromatic rings. The normalized spacial score (nSPS) is 12.1. The average Bonchev–Trinajstić information content (AvgIpc) is 2.80. The molecule has 0 fully saturated rings. The number of hydrogen-bond acceptors (Lipinski definition) is 4. The molecule has 0 heterocycles. The van der Waals surface area contributed by atoms with Crippen molar-refractivity contribution in [3.63, 3.8) is 0 Å². The van der Waals surface area contributed by atoms with Gasteiger partial charge in [-0.25, -0.2) is 8.42 Å². The molecular weight excluding hydrogens is 483 g/mol. The number of halogens is 2. The molecule has 1 atom stereocenters. The maximum absolute atomic E-state index is 13.4. The molecule has 0 spiro atoms. The van der Waals surface area contributed by atoms with Crippen molar-refractivity contribution < 1.29 is 17.9 Å². The summed E-state index contributed by atoms with van der Waals surface area (Å²) in [7, 11) is -4.04. The number of rotatable bonds is 9. The molecule has 1 N–H and O–H groups in total. The lowest BCUT2D eigenvalue weighted by Gasteiger charge is -2.25. The van der Waals surface area contributed by atoms with Gasteiger partial charge in [-0.2, -0.15) is 0 Å². The van der Waals surface area contributed by atoms with E-state index in [0.29, 0.717) is 6.61 Å². The third kappa shape index (κ3) is 6.19. The highest BCUT2D eigenvalue weighted by molar-refractivity contribution is 7.92. The van der Waals surface area contributed by atoms with Crippen LogP contribution in [0.25, 0.3) is 0 Å². The summed E-state index contributed by atoms with van der Waals surface area (Å²) >= 11 is 12.1. The van der Waals surface area contributed by atoms with Crippen LogP contribution < -0.4 is 14.4 Å². The van der Waals surface area contributed by atoms with Crippen molar-refractivity contribution in [1.29, 1.82) is 0 Å². The summed E-state index contributed by atoms with van der Waals surface area (Å²) < 4.78 is 33.2. The summed E-state index contributed by atoms with van der Waals surface area (Å²) in [4.78, 5) is 13.0. The van der Waals surface area contributed by atoms with Gasteiger partial charge in [0.2, 0.25) is 5.91 Å². The second kappa shape index (κ2) is 10.9. The van der Waals surface area contributed by atoms with E-state index in [-0.39, 0.29) is 26.7 Å². The number of carbonyl (C=O) groups is 1. The number of carbonyl (C=O) groups excluding carboxylic acids is 1. The Morgan fingerprint density at radius 2 is 1.67 bits per heavy atom. The van der Waals surface area contributed by atoms with Crippen molar-refractivity contribution in [2.75, 3.05) is 17.5 Å². The fraction of sp³-hybridized carbons (Fsp3) is 0.208. The van der Waals surface area contributed by atoms with Crippen molar-refractivity contribution in [1.82, 2.24) is 5.32 Å². The molecule has 0 saturated carbocycles. The zero-order valence-corrected chi connectivity index (χ0v) is 20.5. The van der Waals surface area contributed by atoms with Crippen LogP contribution in [0.5, 0.6) is 5.75 Å². The Morgan fingerprint density at radius 1 is 1.00 bits per heavy atom. The van der Waals surface area contributed by atoms with Crippen LogP contribution >= 0.6 is 23.2 Å². The molecule has 3 aromatic carbocycles. The second-order valence-electron chi connectivity index (χ2n) is 7.21. The van der Waals surface area contributed by atoms with E-state index < -0.39 is 22.5 Å². The van der Waals surface area contributed by atoms with E-state index >= 15 is 0 Å². The molecule has 174 valence electrons. The quantitative estimate of drug-likeness (QED) is 0.417. The Hall–Kier alpha value is -2.74. The summed E-state index contributed by atoms with van der Waals surface area (Å²) in [5.74, 6) is 0.265. The fourth-order valence-corrected chi connectivity index (χ4v) is 4.92. The maximum atomic E-state index is 13.4. The van der Waals surface area contributed by atoms with Crippen molar-refractivity contribution in [2.45, 2.75) is 24.8 Å². The van der Waals surface area contributed by atoms with Crippen LogP contribution in [0.15, 0.2) is 77.7 Å². The molecule has 33 heavy (non-hydrogen) atoms. The van der Waals surface area contributed by atoms with E-state index in [1.165, 1.54) is 30.3 Å². The lowest BCUT2D eigenvalue weighted by atomic mass is 10.1. The van der Waals surface area contributed by atoms with Gasteiger partial charge in [-0.15, -0.1) is 0 Å². The minimum atomic E-state index is -4.04. The zero-order valence-electron chi connectivity index (χ0n) is 18.2. The van der Waals surface area contributed by atoms with Gasteiger partial charge in [-0.1, -0.05) is 53.5 Å². The summed E-state index contributed by atoms with van der Waals surface area (Å²) in [5.41, 5.74) is 1.09. The van der Waals surface area contributed by atoms with Crippen molar-refractivity contribution in [3.8, 4) is 5.75 Å². The second-order valence-corrected chi connectivity index (χ2v) is 9.89. The number of amides is 1. The Bertz CT molecular complexity index is 1200. The van der Waals surface area contributed by atoms with E-state index in [1.54, 1.807) is 18.2 Å². The summed E-state index contributed by atoms with van der Waals surface area (Å²) in [6.45, 7) is 3.85. The molecule has 0 radical (unpaired) electrons. The van der Waals surface area contributed by atoms with Crippen molar-refractivity contribution >= 4 is 44.8 Å². The predicted molar refractivity (Wildman–Crippen MR) is 132 cm³/mol. The van der Waals surface area contributed by atoms with Crippen LogP contribution in [-0.4, -0.2) is 27.5 Å². The van der Waals surface area contributed by atoms with Gasteiger partial charge in [0.15, 0.2) is 0 Å². The monoisotopic (exact) mass is 506 g/mol. The molecule has 0 bridgehead atoms. The van der Waals surface area contributed by atoms with Crippen LogP contribution in [0.4, 0.5) is 5.69 Å². The first kappa shape index (κ1) is 24.9. The van der Waals surface area contributed by atoms with E-state index in [2.05, 4.69) is 5.32 Å². The number of hydrogen-bond donors (Lipinski definition) is 1. The largest absolute Gasteiger partial charge is 0.494 e. The highest BCUT2D eigenvalue weighted by atomic mass is 35.5. The minimum Gasteiger partial charge on any atom is -0.494 e. The molecule has 1 amide bonds. The molecule has 3 rings (SSSR count). The first-order valence-corrected chi connectivity index (χ1v) is 12.5. The van der Waals surface area contributed by atoms with Gasteiger partial charge in [0.1, 0.15) is 12.3 Å². The van der Waals surface area contributed by atoms with Crippen LogP contribution in [-0.2, 0) is 14.8 Å². The third-order valence-electron chi connectivity index (χ3n) is 4.88. The predicted octanol–water partition coefficient (Wildman–Crippen LogP) is 5.46. The lowest BCUT2D eigenvalue weighted by Crippen LogP contribution is -2.41. The topological polar surface area (TPSA) is 75.7 Å². The van der Waals surface area contributed by atoms with Crippen LogP contribution in [0.1, 0.15) is 25.5 Å². The number of sulfonamides is 1. The van der Waals surface area contributed by atoms with Crippen molar-refractivity contribution in [3.05, 3.63) is 88.4 Å². The number of ether oxygens (including phenoxy) is 1. The Balaban J connectivity index is 1.85. The molecule has 0 aromatic heterocycles. The molecule has 0 saturated heterocycles. The van der Waals surface area contributed by atoms with E-state index in [1.807, 2.05) is 38.1 Å². The first-order chi connectivity index (χ1) is 15.7. The number of nitrogens with one attached hydrogen (secondary N) is 1. The molecule has 0 unspecified atom stereocenters. The third-order valence-corrected chi connectivity index (χ3v) is 7.41. The number of anilines is 1. The molecule has 0 aliphatic rings. The van der Waals surface area contributed by atoms with Gasteiger partial charge in [0.25, 0.3) is 10.0 Å². The van der Waals surface area contributed by atoms with E-state index in [4.69, 9.17) is 27.9 Å². The average molecular weight is 507 g/mol. The van der Waals surface area contributed by atoms with Crippen LogP contribution in [0, 0.1) is 0 Å². The number of benzene rings is 3. The number of nitrogens with zero attached hydrogens (tertiary/aromatic N) is 1. The fourth-order valence-electron chi connectivity index (χ4n) is 3.20. The molecule has 0 aliphatic carbocycles. The van der Waals surface area contributed by atoms with Gasteiger partial charge < -0.3 is 10.1 Å². The van der Waals surface area contributed by atoms with Gasteiger partial charge in [-0.05, 0) is 61.9 Å². The standard InChI is InChI=1S/C24H24Cl2N2O4S/c1-3-32-20-12-9-18(10-13-20)17(2)27-24(29)16-28(19-11-14-22(25)23(26)15-19)33(30,31)21-7-5-4-6-8-21/h4-15,17H,3,16H2,1-2H3,(H,27,29)/t17-/m1/s1. The summed E-state index contributed by atoms with van der Waals surface area (Å²) in [5, 5.41) is 3.32. The molecule has 6 nitrogen and oxygen atoms in total. The Kier molecular flexibility index (Phi) is 8.24. The summed E-state index contributed by atoms with van der Waals surface area (Å²) in [6.07, 6.45) is 0. The summed E-state index contributed by atoms with van der Waals surface area (Å²) in [6, 6.07) is 19.3. The Labute approximate surface area is 204 Å². The van der Waals surface area contributed by atoms with Crippen LogP contribution in [0.3, 0.4) is 0 Å². The van der Waals surface area contributed by atoms with Gasteiger partial charge in [0.05, 0.1) is 33.3 Å². The molecule has 9 heteroatoms. The lowest BCUT2D eigenvalue weighted by molar-refractivity contribution is -0.120. The van der Waals surface area contributed by atoms with Crippen molar-refractivity contribution in [2.24, 2.45) is 0 Å². The molecule has 0 aliphatic heterocycles. The van der Waals surface area contributed by atoms with Gasteiger partial charge in [0, 0.05) is 0 Å². The molecular formula is C24H24Cl2N2O4S. The highest BCUT2D eigenvalue weighted by Gasteiger charge is 2.28. The zero-order chi connectivity index (χ0) is 24.0. The minimum absolute atomic E-state index is 0.0587. The van der Waals surface area contributed by atoms with Gasteiger partial charge in [-0.3, -0.25) is 9.10 Å². The highest BCUT2D eigenvalue weighted by Crippen LogP contribution is 2.30. The SMILES string of the molecule is CCOc1ccc([C@@H](C)NC(=O)CN(c2ccc(Cl)c(Cl)c2)S(=O)(=O)c2ccccc2)cc1. The first-order valence-electron chi connectivity index (χ1n) is 10.3.